The molecular weight excluding hydrogens is 279 g/mol. The number of rotatable bonds is 5. The van der Waals surface area contributed by atoms with Crippen molar-refractivity contribution in [3.05, 3.63) is 58.7 Å². The quantitative estimate of drug-likeness (QED) is 0.611. The van der Waals surface area contributed by atoms with Crippen molar-refractivity contribution in [2.45, 2.75) is 53.9 Å². The molecule has 0 aromatic carbocycles. The topological polar surface area (TPSA) is 20.2 Å². The Kier molecular flexibility index (Phi) is 10.3. The van der Waals surface area contributed by atoms with Crippen LogP contribution in [0.25, 0.3) is 0 Å². The molecule has 0 aromatic heterocycles. The van der Waals surface area contributed by atoms with Gasteiger partial charge in [0.25, 0.3) is 0 Å². The van der Waals surface area contributed by atoms with Gasteiger partial charge in [-0.05, 0) is 51.0 Å². The minimum atomic E-state index is 0. The molecule has 1 N–H and O–H groups in total. The molecule has 0 atom stereocenters. The smallest absolute Gasteiger partial charge is 1.00 e. The second-order valence-corrected chi connectivity index (χ2v) is 6.67. The first kappa shape index (κ1) is 21.7. The summed E-state index contributed by atoms with van der Waals surface area (Å²) in [4.78, 5) is 0. The second-order valence-electron chi connectivity index (χ2n) is 6.67. The third-order valence-electron chi connectivity index (χ3n) is 4.19. The van der Waals surface area contributed by atoms with Gasteiger partial charge in [0.15, 0.2) is 0 Å². The summed E-state index contributed by atoms with van der Waals surface area (Å²) in [6.45, 7) is 11.2. The van der Waals surface area contributed by atoms with Gasteiger partial charge in [0.05, 0.1) is 6.61 Å². The van der Waals surface area contributed by atoms with Gasteiger partial charge in [-0.1, -0.05) is 67.0 Å². The van der Waals surface area contributed by atoms with E-state index in [9.17, 15) is 0 Å². The zero-order valence-corrected chi connectivity index (χ0v) is 17.2. The van der Waals surface area contributed by atoms with Crippen molar-refractivity contribution < 1.29 is 36.1 Å². The maximum Gasteiger partial charge on any atom is 1.00 e. The number of hydrogen-bond donors (Lipinski definition) is 1. The maximum atomic E-state index is 8.81. The molecule has 0 amide bonds. The van der Waals surface area contributed by atoms with Gasteiger partial charge >= 0.3 is 29.6 Å². The van der Waals surface area contributed by atoms with Crippen LogP contribution >= 0.6 is 0 Å². The molecule has 0 fully saturated rings. The van der Waals surface area contributed by atoms with Gasteiger partial charge < -0.3 is 6.53 Å². The first-order chi connectivity index (χ1) is 9.86. The van der Waals surface area contributed by atoms with E-state index in [0.29, 0.717) is 5.41 Å². The number of hydrogen-bond acceptors (Lipinski definition) is 1. The molecule has 0 aliphatic heterocycles. The monoisotopic (exact) mass is 310 g/mol. The van der Waals surface area contributed by atoms with Gasteiger partial charge in [0.2, 0.25) is 0 Å². The Morgan fingerprint density at radius 3 is 2.50 bits per heavy atom. The molecule has 1 aliphatic carbocycles. The molecule has 1 aliphatic rings. The summed E-state index contributed by atoms with van der Waals surface area (Å²) in [6, 6.07) is 0. The number of allylic oxidation sites excluding steroid dienone is 9. The summed E-state index contributed by atoms with van der Waals surface area (Å²) in [5.74, 6) is 0. The Morgan fingerprint density at radius 2 is 1.91 bits per heavy atom. The van der Waals surface area contributed by atoms with E-state index in [2.05, 4.69) is 45.9 Å². The average molecular weight is 310 g/mol. The summed E-state index contributed by atoms with van der Waals surface area (Å²) in [6.07, 6.45) is 16.3. The third kappa shape index (κ3) is 7.28. The molecule has 22 heavy (non-hydrogen) atoms. The van der Waals surface area contributed by atoms with Crippen LogP contribution in [-0.2, 0) is 0 Å². The molecule has 0 aromatic rings. The van der Waals surface area contributed by atoms with Crippen molar-refractivity contribution in [3.63, 3.8) is 0 Å². The van der Waals surface area contributed by atoms with Gasteiger partial charge in [-0.2, -0.15) is 0 Å². The van der Waals surface area contributed by atoms with Crippen LogP contribution in [0, 0.1) is 5.41 Å². The van der Waals surface area contributed by atoms with E-state index in [-0.39, 0.29) is 37.6 Å². The van der Waals surface area contributed by atoms with E-state index in [0.717, 1.165) is 5.57 Å². The fraction of sp³-hybridized carbons (Fsp3) is 0.500. The van der Waals surface area contributed by atoms with E-state index in [1.165, 1.54) is 36.0 Å². The zero-order valence-electron chi connectivity index (χ0n) is 16.2. The van der Waals surface area contributed by atoms with Crippen molar-refractivity contribution in [1.82, 2.24) is 0 Å². The molecule has 0 unspecified atom stereocenters. The predicted molar refractivity (Wildman–Crippen MR) is 94.3 cm³/mol. The minimum absolute atomic E-state index is 0. The van der Waals surface area contributed by atoms with Crippen molar-refractivity contribution in [1.29, 1.82) is 0 Å². The third-order valence-corrected chi connectivity index (χ3v) is 4.19. The summed E-state index contributed by atoms with van der Waals surface area (Å²) in [7, 11) is 0. The molecular formula is C20H31NaO. The van der Waals surface area contributed by atoms with Crippen LogP contribution in [0.5, 0.6) is 0 Å². The van der Waals surface area contributed by atoms with E-state index >= 15 is 0 Å². The SMILES string of the molecule is CC1=C(/C=C/C(C)=C/C=C/C(C)=C/CO)C(C)(C)CCC1.[H-].[Na+]. The Labute approximate surface area is 160 Å². The van der Waals surface area contributed by atoms with Crippen LogP contribution in [0.15, 0.2) is 58.7 Å². The van der Waals surface area contributed by atoms with Crippen molar-refractivity contribution in [3.8, 4) is 0 Å². The van der Waals surface area contributed by atoms with Gasteiger partial charge in [-0.25, -0.2) is 0 Å². The Hall–Kier alpha value is -0.340. The van der Waals surface area contributed by atoms with Crippen LogP contribution in [0.4, 0.5) is 0 Å². The molecule has 118 valence electrons. The number of aliphatic hydroxyl groups excluding tert-OH is 1. The summed E-state index contributed by atoms with van der Waals surface area (Å²) < 4.78 is 0. The van der Waals surface area contributed by atoms with Crippen LogP contribution in [-0.4, -0.2) is 11.7 Å². The zero-order chi connectivity index (χ0) is 15.9. The predicted octanol–water partition coefficient (Wildman–Crippen LogP) is 2.63. The average Bonchev–Trinajstić information content (AvgIpc) is 2.37. The van der Waals surface area contributed by atoms with Gasteiger partial charge in [-0.3, -0.25) is 0 Å². The fourth-order valence-electron chi connectivity index (χ4n) is 2.84. The Bertz CT molecular complexity index is 508. The summed E-state index contributed by atoms with van der Waals surface area (Å²) >= 11 is 0. The molecule has 0 heterocycles. The van der Waals surface area contributed by atoms with E-state index in [1.54, 1.807) is 6.08 Å². The molecule has 0 radical (unpaired) electrons. The molecule has 0 saturated carbocycles. The van der Waals surface area contributed by atoms with Crippen molar-refractivity contribution >= 4 is 0 Å². The molecule has 1 nitrogen and oxygen atoms in total. The van der Waals surface area contributed by atoms with Crippen LogP contribution < -0.4 is 29.6 Å². The maximum absolute atomic E-state index is 8.81. The van der Waals surface area contributed by atoms with Crippen LogP contribution in [0.1, 0.15) is 55.3 Å². The first-order valence-corrected chi connectivity index (χ1v) is 7.87. The van der Waals surface area contributed by atoms with Gasteiger partial charge in [0, 0.05) is 0 Å². The van der Waals surface area contributed by atoms with Gasteiger partial charge in [-0.15, -0.1) is 0 Å². The molecule has 0 saturated heterocycles. The Balaban J connectivity index is 0. The van der Waals surface area contributed by atoms with E-state index in [4.69, 9.17) is 5.11 Å². The number of aliphatic hydroxyl groups is 1. The minimum Gasteiger partial charge on any atom is -1.00 e. The van der Waals surface area contributed by atoms with E-state index in [1.807, 2.05) is 19.1 Å². The normalized spacial score (nSPS) is 19.9. The van der Waals surface area contributed by atoms with Crippen LogP contribution in [0.2, 0.25) is 0 Å². The molecule has 1 rings (SSSR count). The Morgan fingerprint density at radius 1 is 1.23 bits per heavy atom. The molecule has 0 spiro atoms. The van der Waals surface area contributed by atoms with Gasteiger partial charge in [0.1, 0.15) is 0 Å². The largest absolute Gasteiger partial charge is 1.00 e. The molecule has 2 heteroatoms. The van der Waals surface area contributed by atoms with Crippen molar-refractivity contribution in [2.75, 3.05) is 6.61 Å². The van der Waals surface area contributed by atoms with Crippen molar-refractivity contribution in [2.24, 2.45) is 5.41 Å². The summed E-state index contributed by atoms with van der Waals surface area (Å²) in [5.41, 5.74) is 5.66. The van der Waals surface area contributed by atoms with E-state index < -0.39 is 0 Å². The second kappa shape index (κ2) is 10.4. The first-order valence-electron chi connectivity index (χ1n) is 7.87. The summed E-state index contributed by atoms with van der Waals surface area (Å²) in [5, 5.41) is 8.81. The molecule has 0 bridgehead atoms. The standard InChI is InChI=1S/C20H30O.Na.H/c1-16(8-6-9-17(2)13-15-21)11-12-19-18(3)10-7-14-20(19,4)5;;/h6,8-9,11-13,21H,7,10,14-15H2,1-5H3;;/q;+1;-1/b9-6+,12-11+,16-8+,17-13+;;. The van der Waals surface area contributed by atoms with Crippen LogP contribution in [0.3, 0.4) is 0 Å². The fourth-order valence-corrected chi connectivity index (χ4v) is 2.84.